The van der Waals surface area contributed by atoms with Crippen LogP contribution in [0.2, 0.25) is 0 Å². The Morgan fingerprint density at radius 3 is 2.11 bits per heavy atom. The summed E-state index contributed by atoms with van der Waals surface area (Å²) in [6.07, 6.45) is 2.09. The topological polar surface area (TPSA) is 29.5 Å². The van der Waals surface area contributed by atoms with Crippen LogP contribution in [0.3, 0.4) is 0 Å². The van der Waals surface area contributed by atoms with Gasteiger partial charge in [0.05, 0.1) is 12.7 Å². The lowest BCUT2D eigenvalue weighted by molar-refractivity contribution is -0.137. The number of ether oxygens (including phenoxy) is 1. The van der Waals surface area contributed by atoms with E-state index < -0.39 is 17.2 Å². The summed E-state index contributed by atoms with van der Waals surface area (Å²) in [6, 6.07) is 15.6. The highest BCUT2D eigenvalue weighted by molar-refractivity contribution is 6.07. The van der Waals surface area contributed by atoms with E-state index in [1.165, 1.54) is 18.2 Å². The van der Waals surface area contributed by atoms with Crippen molar-refractivity contribution < 1.29 is 27.4 Å². The van der Waals surface area contributed by atoms with Crippen LogP contribution in [0, 0.1) is 5.82 Å². The Morgan fingerprint density at radius 1 is 0.763 bits per heavy atom. The number of hydrogen-bond acceptors (Lipinski definition) is 2. The molecule has 6 heteroatoms. The molecular weight excluding hydrogens is 492 g/mol. The van der Waals surface area contributed by atoms with Gasteiger partial charge in [0, 0.05) is 16.4 Å². The molecule has 2 aliphatic rings. The monoisotopic (exact) mass is 520 g/mol. The van der Waals surface area contributed by atoms with E-state index in [4.69, 9.17) is 4.74 Å². The first-order valence-electron chi connectivity index (χ1n) is 13.1. The Balaban J connectivity index is 1.66. The fraction of sp³-hybridized carbons (Fsp3) is 0.312. The quantitative estimate of drug-likeness (QED) is 0.267. The van der Waals surface area contributed by atoms with Crippen LogP contribution in [0.15, 0.2) is 60.7 Å². The SMILES string of the molecule is COc1cc2c3c(cc(O)c2cc1-c1ccc(F)cc1)C1(CCCCCCC1)c1cc(C(F)(F)F)ccc1-3. The van der Waals surface area contributed by atoms with Crippen molar-refractivity contribution in [1.29, 1.82) is 0 Å². The Kier molecular flexibility index (Phi) is 5.89. The summed E-state index contributed by atoms with van der Waals surface area (Å²) >= 11 is 0. The van der Waals surface area contributed by atoms with E-state index in [1.807, 2.05) is 12.1 Å². The summed E-state index contributed by atoms with van der Waals surface area (Å²) in [7, 11) is 1.55. The number of hydrogen-bond donors (Lipinski definition) is 1. The van der Waals surface area contributed by atoms with Gasteiger partial charge in [-0.25, -0.2) is 4.39 Å². The number of methoxy groups -OCH3 is 1. The Bertz CT molecular complexity index is 1530. The van der Waals surface area contributed by atoms with Gasteiger partial charge in [-0.05, 0) is 88.5 Å². The maximum absolute atomic E-state index is 13.9. The molecule has 0 unspecified atom stereocenters. The summed E-state index contributed by atoms with van der Waals surface area (Å²) in [5, 5.41) is 12.7. The van der Waals surface area contributed by atoms with Gasteiger partial charge in [0.15, 0.2) is 0 Å². The molecule has 0 heterocycles. The van der Waals surface area contributed by atoms with Crippen LogP contribution in [0.25, 0.3) is 33.0 Å². The van der Waals surface area contributed by atoms with Crippen molar-refractivity contribution >= 4 is 10.8 Å². The largest absolute Gasteiger partial charge is 0.507 e. The van der Waals surface area contributed by atoms with Gasteiger partial charge in [0.1, 0.15) is 17.3 Å². The third-order valence-electron chi connectivity index (χ3n) is 8.45. The average molecular weight is 521 g/mol. The lowest BCUT2D eigenvalue weighted by Crippen LogP contribution is -2.27. The number of fused-ring (bicyclic) bond motifs is 7. The zero-order chi connectivity index (χ0) is 26.7. The molecule has 1 spiro atoms. The van der Waals surface area contributed by atoms with Gasteiger partial charge in [-0.2, -0.15) is 13.2 Å². The first-order chi connectivity index (χ1) is 18.2. The zero-order valence-electron chi connectivity index (χ0n) is 21.1. The van der Waals surface area contributed by atoms with Crippen molar-refractivity contribution in [2.75, 3.05) is 7.11 Å². The third kappa shape index (κ3) is 3.84. The maximum Gasteiger partial charge on any atom is 0.416 e. The van der Waals surface area contributed by atoms with E-state index >= 15 is 0 Å². The molecule has 38 heavy (non-hydrogen) atoms. The van der Waals surface area contributed by atoms with Crippen molar-refractivity contribution in [1.82, 2.24) is 0 Å². The van der Waals surface area contributed by atoms with Crippen molar-refractivity contribution in [2.45, 2.75) is 56.5 Å². The summed E-state index contributed by atoms with van der Waals surface area (Å²) < 4.78 is 60.9. The van der Waals surface area contributed by atoms with E-state index in [9.17, 15) is 22.7 Å². The number of benzene rings is 4. The lowest BCUT2D eigenvalue weighted by Gasteiger charge is -2.34. The Labute approximate surface area is 218 Å². The molecule has 1 saturated carbocycles. The van der Waals surface area contributed by atoms with Gasteiger partial charge in [0.25, 0.3) is 0 Å². The molecule has 1 N–H and O–H groups in total. The van der Waals surface area contributed by atoms with Gasteiger partial charge >= 0.3 is 6.18 Å². The molecule has 196 valence electrons. The summed E-state index contributed by atoms with van der Waals surface area (Å²) in [5.74, 6) is 0.271. The molecule has 6 rings (SSSR count). The summed E-state index contributed by atoms with van der Waals surface area (Å²) in [6.45, 7) is 0. The van der Waals surface area contributed by atoms with Crippen LogP contribution < -0.4 is 4.74 Å². The van der Waals surface area contributed by atoms with Crippen LogP contribution in [-0.2, 0) is 11.6 Å². The van der Waals surface area contributed by atoms with E-state index in [0.29, 0.717) is 22.3 Å². The smallest absolute Gasteiger partial charge is 0.416 e. The molecule has 0 aliphatic heterocycles. The predicted octanol–water partition coefficient (Wildman–Crippen LogP) is 9.39. The molecule has 0 atom stereocenters. The predicted molar refractivity (Wildman–Crippen MR) is 141 cm³/mol. The average Bonchev–Trinajstić information content (AvgIpc) is 3.15. The zero-order valence-corrected chi connectivity index (χ0v) is 21.1. The molecule has 0 radical (unpaired) electrons. The first-order valence-corrected chi connectivity index (χ1v) is 13.1. The van der Waals surface area contributed by atoms with Gasteiger partial charge in [-0.1, -0.05) is 50.3 Å². The second-order valence-electron chi connectivity index (χ2n) is 10.5. The van der Waals surface area contributed by atoms with Gasteiger partial charge < -0.3 is 9.84 Å². The van der Waals surface area contributed by atoms with Gasteiger partial charge in [0.2, 0.25) is 0 Å². The second kappa shape index (κ2) is 9.04. The minimum absolute atomic E-state index is 0.0788. The standard InChI is InChI=1S/C32H28F4O2/c1-38-29-17-25-24(16-23(29)19-7-10-21(33)11-8-19)28(37)18-27-30(25)22-12-9-20(32(34,35)36)15-26(22)31(27)13-5-3-2-4-6-14-31/h7-12,15-18,37H,2-6,13-14H2,1H3. The maximum atomic E-state index is 13.9. The Hall–Kier alpha value is -3.54. The normalized spacial score (nSPS) is 16.7. The number of aromatic hydroxyl groups is 1. The molecule has 4 aromatic carbocycles. The van der Waals surface area contributed by atoms with Crippen LogP contribution in [0.5, 0.6) is 11.5 Å². The molecule has 0 saturated heterocycles. The van der Waals surface area contributed by atoms with Gasteiger partial charge in [-0.3, -0.25) is 0 Å². The minimum atomic E-state index is -4.44. The molecular formula is C32H28F4O2. The molecule has 2 nitrogen and oxygen atoms in total. The first kappa shape index (κ1) is 24.8. The number of rotatable bonds is 2. The number of phenols is 1. The number of halogens is 4. The second-order valence-corrected chi connectivity index (χ2v) is 10.5. The molecule has 0 bridgehead atoms. The highest BCUT2D eigenvalue weighted by Crippen LogP contribution is 2.59. The van der Waals surface area contributed by atoms with Crippen LogP contribution in [-0.4, -0.2) is 12.2 Å². The molecule has 0 aromatic heterocycles. The van der Waals surface area contributed by atoms with Crippen molar-refractivity contribution in [3.05, 3.63) is 83.2 Å². The van der Waals surface area contributed by atoms with Crippen molar-refractivity contribution in [2.24, 2.45) is 0 Å². The third-order valence-corrected chi connectivity index (χ3v) is 8.45. The fourth-order valence-corrected chi connectivity index (χ4v) is 6.65. The molecule has 1 fully saturated rings. The highest BCUT2D eigenvalue weighted by Gasteiger charge is 2.45. The van der Waals surface area contributed by atoms with Crippen LogP contribution >= 0.6 is 0 Å². The van der Waals surface area contributed by atoms with Crippen molar-refractivity contribution in [3.8, 4) is 33.8 Å². The van der Waals surface area contributed by atoms with Crippen molar-refractivity contribution in [3.63, 3.8) is 0 Å². The van der Waals surface area contributed by atoms with Crippen LogP contribution in [0.1, 0.15) is 61.6 Å². The summed E-state index contributed by atoms with van der Waals surface area (Å²) in [4.78, 5) is 0. The minimum Gasteiger partial charge on any atom is -0.507 e. The van der Waals surface area contributed by atoms with E-state index in [1.54, 1.807) is 31.4 Å². The summed E-state index contributed by atoms with van der Waals surface area (Å²) in [5.41, 5.74) is 3.46. The van der Waals surface area contributed by atoms with E-state index in [0.717, 1.165) is 78.7 Å². The molecule has 0 amide bonds. The van der Waals surface area contributed by atoms with E-state index in [2.05, 4.69) is 0 Å². The van der Waals surface area contributed by atoms with Gasteiger partial charge in [-0.15, -0.1) is 0 Å². The number of phenolic OH excluding ortho intramolecular Hbond substituents is 1. The number of alkyl halides is 3. The fourth-order valence-electron chi connectivity index (χ4n) is 6.65. The molecule has 2 aliphatic carbocycles. The van der Waals surface area contributed by atoms with Crippen LogP contribution in [0.4, 0.5) is 17.6 Å². The Morgan fingerprint density at radius 2 is 1.45 bits per heavy atom. The lowest BCUT2D eigenvalue weighted by atomic mass is 9.69. The molecule has 4 aromatic rings. The van der Waals surface area contributed by atoms with E-state index in [-0.39, 0.29) is 11.6 Å². The highest BCUT2D eigenvalue weighted by atomic mass is 19.4.